The lowest BCUT2D eigenvalue weighted by atomic mass is 10.1. The molecule has 2 aromatic heterocycles. The van der Waals surface area contributed by atoms with Gasteiger partial charge < -0.3 is 18.3 Å². The van der Waals surface area contributed by atoms with Crippen LogP contribution in [0.15, 0.2) is 69.5 Å². The Labute approximate surface area is 176 Å². The minimum atomic E-state index is 0.160. The molecule has 0 saturated carbocycles. The van der Waals surface area contributed by atoms with Gasteiger partial charge in [0, 0.05) is 10.8 Å². The molecule has 0 bridgehead atoms. The molecule has 2 aromatic carbocycles. The molecule has 4 heteroatoms. The van der Waals surface area contributed by atoms with Crippen LogP contribution in [0, 0.1) is 11.8 Å². The Bertz CT molecular complexity index is 968. The normalized spacial score (nSPS) is 26.2. The lowest BCUT2D eigenvalue weighted by Gasteiger charge is -2.03. The van der Waals surface area contributed by atoms with E-state index in [9.17, 15) is 0 Å². The van der Waals surface area contributed by atoms with E-state index in [0.29, 0.717) is 11.8 Å². The van der Waals surface area contributed by atoms with Crippen LogP contribution in [-0.4, -0.2) is 13.2 Å². The Balaban J connectivity index is 0.000000128. The van der Waals surface area contributed by atoms with Crippen LogP contribution in [0.2, 0.25) is 0 Å². The van der Waals surface area contributed by atoms with E-state index in [1.54, 1.807) is 0 Å². The molecule has 2 fully saturated rings. The van der Waals surface area contributed by atoms with Gasteiger partial charge in [0.2, 0.25) is 0 Å². The number of rotatable bonds is 2. The summed E-state index contributed by atoms with van der Waals surface area (Å²) in [5.41, 5.74) is 1.91. The molecule has 0 N–H and O–H groups in total. The monoisotopic (exact) mass is 404 g/mol. The summed E-state index contributed by atoms with van der Waals surface area (Å²) in [7, 11) is 0. The average molecular weight is 405 g/mol. The number of hydrogen-bond donors (Lipinski definition) is 0. The van der Waals surface area contributed by atoms with E-state index in [2.05, 4.69) is 38.1 Å². The summed E-state index contributed by atoms with van der Waals surface area (Å²) in [6, 6.07) is 20.4. The van der Waals surface area contributed by atoms with Gasteiger partial charge in [-0.15, -0.1) is 0 Å². The smallest absolute Gasteiger partial charge is 0.134 e. The van der Waals surface area contributed by atoms with E-state index in [1.165, 1.54) is 0 Å². The zero-order valence-electron chi connectivity index (χ0n) is 17.5. The molecule has 0 amide bonds. The predicted molar refractivity (Wildman–Crippen MR) is 117 cm³/mol. The second-order valence-corrected chi connectivity index (χ2v) is 8.70. The summed E-state index contributed by atoms with van der Waals surface area (Å²) >= 11 is 0. The van der Waals surface area contributed by atoms with Crippen molar-refractivity contribution < 1.29 is 18.3 Å². The second kappa shape index (κ2) is 8.29. The second-order valence-electron chi connectivity index (χ2n) is 8.70. The van der Waals surface area contributed by atoms with Crippen molar-refractivity contribution in [3.8, 4) is 0 Å². The van der Waals surface area contributed by atoms with E-state index in [1.807, 2.05) is 36.4 Å². The van der Waals surface area contributed by atoms with Gasteiger partial charge in [0.25, 0.3) is 0 Å². The predicted octanol–water partition coefficient (Wildman–Crippen LogP) is 7.06. The highest BCUT2D eigenvalue weighted by Gasteiger charge is 2.27. The lowest BCUT2D eigenvalue weighted by molar-refractivity contribution is 0.0920. The van der Waals surface area contributed by atoms with E-state index in [0.717, 1.165) is 59.5 Å². The third kappa shape index (κ3) is 4.03. The number of fused-ring (bicyclic) bond motifs is 2. The number of ether oxygens (including phenoxy) is 2. The van der Waals surface area contributed by atoms with Crippen LogP contribution in [0.5, 0.6) is 0 Å². The van der Waals surface area contributed by atoms with Crippen LogP contribution in [-0.2, 0) is 9.47 Å². The summed E-state index contributed by atoms with van der Waals surface area (Å²) < 4.78 is 22.9. The zero-order chi connectivity index (χ0) is 20.5. The summed E-state index contributed by atoms with van der Waals surface area (Å²) in [6.45, 7) is 6.12. The van der Waals surface area contributed by atoms with Gasteiger partial charge in [-0.25, -0.2) is 0 Å². The van der Waals surface area contributed by atoms with Gasteiger partial charge in [-0.1, -0.05) is 50.2 Å². The molecule has 2 aliphatic heterocycles. The SMILES string of the molecule is C[C@H]1CO[C@@H](c2cc3ccccc3o2)C1.C[C@H]1CO[C@@H](c2cc3ccccc3o2)C1. The van der Waals surface area contributed by atoms with E-state index < -0.39 is 0 Å². The van der Waals surface area contributed by atoms with E-state index >= 15 is 0 Å². The zero-order valence-corrected chi connectivity index (χ0v) is 17.5. The lowest BCUT2D eigenvalue weighted by Crippen LogP contribution is -1.92. The number of hydrogen-bond acceptors (Lipinski definition) is 4. The van der Waals surface area contributed by atoms with Crippen molar-refractivity contribution in [2.75, 3.05) is 13.2 Å². The Kier molecular flexibility index (Phi) is 5.36. The van der Waals surface area contributed by atoms with Gasteiger partial charge >= 0.3 is 0 Å². The fourth-order valence-electron chi connectivity index (χ4n) is 4.28. The van der Waals surface area contributed by atoms with Crippen molar-refractivity contribution in [3.05, 3.63) is 72.2 Å². The first-order valence-electron chi connectivity index (χ1n) is 10.9. The van der Waals surface area contributed by atoms with Gasteiger partial charge in [0.1, 0.15) is 34.9 Å². The van der Waals surface area contributed by atoms with E-state index in [4.69, 9.17) is 18.3 Å². The molecule has 2 saturated heterocycles. The first-order chi connectivity index (χ1) is 14.7. The Morgan fingerprint density at radius 2 is 1.07 bits per heavy atom. The number of para-hydroxylation sites is 2. The first-order valence-corrected chi connectivity index (χ1v) is 10.9. The van der Waals surface area contributed by atoms with Crippen LogP contribution in [0.3, 0.4) is 0 Å². The Morgan fingerprint density at radius 3 is 1.43 bits per heavy atom. The topological polar surface area (TPSA) is 44.7 Å². The van der Waals surface area contributed by atoms with Crippen LogP contribution in [0.1, 0.15) is 50.4 Å². The Hall–Kier alpha value is -2.56. The summed E-state index contributed by atoms with van der Waals surface area (Å²) in [4.78, 5) is 0. The largest absolute Gasteiger partial charge is 0.458 e. The summed E-state index contributed by atoms with van der Waals surface area (Å²) in [5, 5.41) is 2.33. The maximum Gasteiger partial charge on any atom is 0.134 e. The van der Waals surface area contributed by atoms with Gasteiger partial charge in [-0.2, -0.15) is 0 Å². The van der Waals surface area contributed by atoms with Crippen molar-refractivity contribution in [1.29, 1.82) is 0 Å². The third-order valence-corrected chi connectivity index (χ3v) is 5.92. The molecule has 2 aliphatic rings. The van der Waals surface area contributed by atoms with Crippen molar-refractivity contribution in [2.24, 2.45) is 11.8 Å². The maximum atomic E-state index is 5.78. The van der Waals surface area contributed by atoms with Gasteiger partial charge in [-0.3, -0.25) is 0 Å². The molecule has 156 valence electrons. The van der Waals surface area contributed by atoms with Crippen LogP contribution in [0.4, 0.5) is 0 Å². The molecule has 4 aromatic rings. The Morgan fingerprint density at radius 1 is 0.633 bits per heavy atom. The molecular formula is C26H28O4. The van der Waals surface area contributed by atoms with Crippen molar-refractivity contribution in [1.82, 2.24) is 0 Å². The first kappa shape index (κ1) is 19.4. The van der Waals surface area contributed by atoms with Crippen molar-refractivity contribution >= 4 is 21.9 Å². The van der Waals surface area contributed by atoms with Crippen molar-refractivity contribution in [2.45, 2.75) is 38.9 Å². The third-order valence-electron chi connectivity index (χ3n) is 5.92. The average Bonchev–Trinajstić information content (AvgIpc) is 3.53. The molecule has 30 heavy (non-hydrogen) atoms. The minimum Gasteiger partial charge on any atom is -0.458 e. The molecule has 0 radical (unpaired) electrons. The molecule has 0 spiro atoms. The fourth-order valence-corrected chi connectivity index (χ4v) is 4.28. The maximum absolute atomic E-state index is 5.78. The molecule has 0 aliphatic carbocycles. The highest BCUT2D eigenvalue weighted by atomic mass is 16.5. The van der Waals surface area contributed by atoms with Gasteiger partial charge in [0.05, 0.1) is 13.2 Å². The van der Waals surface area contributed by atoms with Crippen molar-refractivity contribution in [3.63, 3.8) is 0 Å². The standard InChI is InChI=1S/2C13H14O2/c2*1-9-6-12(14-8-9)13-7-10-4-2-3-5-11(10)15-13/h2*2-5,7,9,12H,6,8H2,1H3/t2*9-,12-/m11/s1. The molecule has 4 atom stereocenters. The summed E-state index contributed by atoms with van der Waals surface area (Å²) in [5.74, 6) is 3.23. The number of benzene rings is 2. The fraction of sp³-hybridized carbons (Fsp3) is 0.385. The van der Waals surface area contributed by atoms with Gasteiger partial charge in [0.15, 0.2) is 0 Å². The minimum absolute atomic E-state index is 0.160. The molecule has 0 unspecified atom stereocenters. The van der Waals surface area contributed by atoms with Gasteiger partial charge in [-0.05, 0) is 48.9 Å². The summed E-state index contributed by atoms with van der Waals surface area (Å²) in [6.07, 6.45) is 2.46. The highest BCUT2D eigenvalue weighted by Crippen LogP contribution is 2.36. The molecule has 6 rings (SSSR count). The van der Waals surface area contributed by atoms with E-state index in [-0.39, 0.29) is 12.2 Å². The van der Waals surface area contributed by atoms with Crippen LogP contribution in [0.25, 0.3) is 21.9 Å². The molecular weight excluding hydrogens is 376 g/mol. The quantitative estimate of drug-likeness (QED) is 0.359. The van der Waals surface area contributed by atoms with Crippen LogP contribution < -0.4 is 0 Å². The highest BCUT2D eigenvalue weighted by molar-refractivity contribution is 5.78. The van der Waals surface area contributed by atoms with Crippen LogP contribution >= 0.6 is 0 Å². The molecule has 4 heterocycles. The number of furan rings is 2. The molecule has 4 nitrogen and oxygen atoms in total.